The Hall–Kier alpha value is -2.17. The van der Waals surface area contributed by atoms with E-state index in [1.807, 2.05) is 18.2 Å². The van der Waals surface area contributed by atoms with Gasteiger partial charge < -0.3 is 9.67 Å². The van der Waals surface area contributed by atoms with E-state index in [-0.39, 0.29) is 6.61 Å². The molecular weight excluding hydrogens is 316 g/mol. The summed E-state index contributed by atoms with van der Waals surface area (Å²) < 4.78 is 2.10. The van der Waals surface area contributed by atoms with Crippen molar-refractivity contribution in [2.75, 3.05) is 6.61 Å². The Kier molecular flexibility index (Phi) is 5.28. The summed E-state index contributed by atoms with van der Waals surface area (Å²) in [7, 11) is 0. The van der Waals surface area contributed by atoms with Gasteiger partial charge in [-0.2, -0.15) is 0 Å². The summed E-state index contributed by atoms with van der Waals surface area (Å²) in [6.45, 7) is 4.86. The zero-order valence-corrected chi connectivity index (χ0v) is 14.9. The van der Waals surface area contributed by atoms with Crippen molar-refractivity contribution in [2.24, 2.45) is 4.99 Å². The number of aliphatic hydroxyl groups is 1. The van der Waals surface area contributed by atoms with Crippen molar-refractivity contribution in [3.63, 3.8) is 0 Å². The Morgan fingerprint density at radius 2 is 1.83 bits per heavy atom. The molecule has 0 aliphatic heterocycles. The number of nitrogens with zero attached hydrogens (tertiary/aromatic N) is 2. The molecule has 0 bridgehead atoms. The van der Waals surface area contributed by atoms with Crippen LogP contribution < -0.4 is 4.80 Å². The zero-order chi connectivity index (χ0) is 16.9. The SMILES string of the molecule is CCc1ccc(-c2csc(=Nc3ccccc3C)n2CCO)cc1. The maximum absolute atomic E-state index is 9.48. The largest absolute Gasteiger partial charge is 0.395 e. The summed E-state index contributed by atoms with van der Waals surface area (Å²) in [4.78, 5) is 5.72. The van der Waals surface area contributed by atoms with E-state index in [0.29, 0.717) is 6.54 Å². The quantitative estimate of drug-likeness (QED) is 0.739. The molecule has 1 heterocycles. The minimum atomic E-state index is 0.0950. The van der Waals surface area contributed by atoms with E-state index in [4.69, 9.17) is 4.99 Å². The number of hydrogen-bond donors (Lipinski definition) is 1. The number of rotatable bonds is 5. The fourth-order valence-corrected chi connectivity index (χ4v) is 3.62. The van der Waals surface area contributed by atoms with Gasteiger partial charge in [-0.1, -0.05) is 49.4 Å². The van der Waals surface area contributed by atoms with E-state index >= 15 is 0 Å². The Morgan fingerprint density at radius 3 is 2.50 bits per heavy atom. The number of aryl methyl sites for hydroxylation is 2. The van der Waals surface area contributed by atoms with Crippen LogP contribution in [-0.2, 0) is 13.0 Å². The van der Waals surface area contributed by atoms with Crippen molar-refractivity contribution in [2.45, 2.75) is 26.8 Å². The fraction of sp³-hybridized carbons (Fsp3) is 0.250. The lowest BCUT2D eigenvalue weighted by atomic mass is 10.1. The minimum absolute atomic E-state index is 0.0950. The van der Waals surface area contributed by atoms with Gasteiger partial charge in [0.25, 0.3) is 0 Å². The van der Waals surface area contributed by atoms with Crippen LogP contribution in [0.4, 0.5) is 5.69 Å². The van der Waals surface area contributed by atoms with Gasteiger partial charge in [0.2, 0.25) is 0 Å². The molecule has 0 amide bonds. The van der Waals surface area contributed by atoms with E-state index in [0.717, 1.165) is 33.7 Å². The summed E-state index contributed by atoms with van der Waals surface area (Å²) in [5, 5.41) is 11.6. The molecule has 3 nitrogen and oxygen atoms in total. The summed E-state index contributed by atoms with van der Waals surface area (Å²) >= 11 is 1.61. The Balaban J connectivity index is 2.09. The molecule has 0 aliphatic carbocycles. The van der Waals surface area contributed by atoms with Crippen LogP contribution in [0.15, 0.2) is 58.9 Å². The van der Waals surface area contributed by atoms with Crippen LogP contribution in [0.5, 0.6) is 0 Å². The normalized spacial score (nSPS) is 11.9. The van der Waals surface area contributed by atoms with Crippen molar-refractivity contribution < 1.29 is 5.11 Å². The van der Waals surface area contributed by atoms with Gasteiger partial charge in [-0.05, 0) is 36.1 Å². The van der Waals surface area contributed by atoms with Gasteiger partial charge in [-0.3, -0.25) is 0 Å². The van der Waals surface area contributed by atoms with Gasteiger partial charge in [-0.15, -0.1) is 11.3 Å². The predicted octanol–water partition coefficient (Wildman–Crippen LogP) is 4.31. The highest BCUT2D eigenvalue weighted by atomic mass is 32.1. The summed E-state index contributed by atoms with van der Waals surface area (Å²) in [5.41, 5.74) is 5.70. The maximum atomic E-state index is 9.48. The summed E-state index contributed by atoms with van der Waals surface area (Å²) in [6.07, 6.45) is 1.04. The van der Waals surface area contributed by atoms with Crippen molar-refractivity contribution >= 4 is 17.0 Å². The third-order valence-corrected chi connectivity index (χ3v) is 4.97. The van der Waals surface area contributed by atoms with Crippen LogP contribution in [0.25, 0.3) is 11.3 Å². The van der Waals surface area contributed by atoms with Gasteiger partial charge in [0.15, 0.2) is 4.80 Å². The predicted molar refractivity (Wildman–Crippen MR) is 101 cm³/mol. The molecule has 3 aromatic rings. The molecule has 0 fully saturated rings. The molecule has 0 aliphatic rings. The van der Waals surface area contributed by atoms with Gasteiger partial charge >= 0.3 is 0 Å². The van der Waals surface area contributed by atoms with Gasteiger partial charge in [0.05, 0.1) is 18.0 Å². The first kappa shape index (κ1) is 16.7. The highest BCUT2D eigenvalue weighted by Gasteiger charge is 2.08. The second kappa shape index (κ2) is 7.60. The zero-order valence-electron chi connectivity index (χ0n) is 14.1. The van der Waals surface area contributed by atoms with Crippen LogP contribution in [-0.4, -0.2) is 16.3 Å². The van der Waals surface area contributed by atoms with Crippen LogP contribution in [0, 0.1) is 6.92 Å². The molecule has 3 rings (SSSR count). The van der Waals surface area contributed by atoms with Crippen molar-refractivity contribution in [1.82, 2.24) is 4.57 Å². The monoisotopic (exact) mass is 338 g/mol. The molecule has 1 aromatic heterocycles. The molecule has 0 spiro atoms. The molecule has 0 atom stereocenters. The molecular formula is C20H22N2OS. The molecule has 1 N–H and O–H groups in total. The summed E-state index contributed by atoms with van der Waals surface area (Å²) in [5.74, 6) is 0. The third kappa shape index (κ3) is 3.50. The van der Waals surface area contributed by atoms with Crippen molar-refractivity contribution in [3.8, 4) is 11.3 Å². The van der Waals surface area contributed by atoms with Gasteiger partial charge in [-0.25, -0.2) is 4.99 Å². The van der Waals surface area contributed by atoms with E-state index < -0.39 is 0 Å². The maximum Gasteiger partial charge on any atom is 0.190 e. The molecule has 0 saturated carbocycles. The number of aromatic nitrogens is 1. The third-order valence-electron chi connectivity index (χ3n) is 4.11. The van der Waals surface area contributed by atoms with Crippen LogP contribution in [0.2, 0.25) is 0 Å². The first-order chi connectivity index (χ1) is 11.7. The average Bonchev–Trinajstić information content (AvgIpc) is 3.00. The highest BCUT2D eigenvalue weighted by molar-refractivity contribution is 7.07. The standard InChI is InChI=1S/C20H22N2OS/c1-3-16-8-10-17(11-9-16)19-14-24-20(22(19)12-13-23)21-18-7-5-4-6-15(18)2/h4-11,14,23H,3,12-13H2,1-2H3. The Labute approximate surface area is 146 Å². The van der Waals surface area contributed by atoms with Gasteiger partial charge in [0, 0.05) is 11.9 Å². The second-order valence-corrected chi connectivity index (χ2v) is 6.56. The van der Waals surface area contributed by atoms with Crippen LogP contribution >= 0.6 is 11.3 Å². The molecule has 2 aromatic carbocycles. The summed E-state index contributed by atoms with van der Waals surface area (Å²) in [6, 6.07) is 16.7. The number of benzene rings is 2. The second-order valence-electron chi connectivity index (χ2n) is 5.73. The number of aliphatic hydroxyl groups excluding tert-OH is 1. The minimum Gasteiger partial charge on any atom is -0.395 e. The van der Waals surface area contributed by atoms with E-state index in [9.17, 15) is 5.11 Å². The lowest BCUT2D eigenvalue weighted by Crippen LogP contribution is -2.18. The Bertz CT molecular complexity index is 875. The average molecular weight is 338 g/mol. The first-order valence-electron chi connectivity index (χ1n) is 8.21. The van der Waals surface area contributed by atoms with E-state index in [1.54, 1.807) is 11.3 Å². The number of para-hydroxylation sites is 1. The number of hydrogen-bond acceptors (Lipinski definition) is 3. The topological polar surface area (TPSA) is 37.5 Å². The number of thiazole rings is 1. The molecule has 0 radical (unpaired) electrons. The van der Waals surface area contributed by atoms with E-state index in [2.05, 4.69) is 54.1 Å². The Morgan fingerprint density at radius 1 is 1.08 bits per heavy atom. The van der Waals surface area contributed by atoms with Gasteiger partial charge in [0.1, 0.15) is 0 Å². The van der Waals surface area contributed by atoms with Crippen molar-refractivity contribution in [3.05, 3.63) is 69.8 Å². The van der Waals surface area contributed by atoms with Crippen molar-refractivity contribution in [1.29, 1.82) is 0 Å². The molecule has 24 heavy (non-hydrogen) atoms. The lowest BCUT2D eigenvalue weighted by Gasteiger charge is -2.08. The smallest absolute Gasteiger partial charge is 0.190 e. The fourth-order valence-electron chi connectivity index (χ4n) is 2.67. The lowest BCUT2D eigenvalue weighted by molar-refractivity contribution is 0.275. The molecule has 0 unspecified atom stereocenters. The molecule has 4 heteroatoms. The first-order valence-corrected chi connectivity index (χ1v) is 9.09. The van der Waals surface area contributed by atoms with Crippen LogP contribution in [0.1, 0.15) is 18.1 Å². The van der Waals surface area contributed by atoms with E-state index in [1.165, 1.54) is 5.56 Å². The highest BCUT2D eigenvalue weighted by Crippen LogP contribution is 2.22. The molecule has 0 saturated heterocycles. The molecule has 124 valence electrons. The van der Waals surface area contributed by atoms with Crippen LogP contribution in [0.3, 0.4) is 0 Å².